The Hall–Kier alpha value is -2.89. The smallest absolute Gasteiger partial charge is 0.229 e. The fourth-order valence-corrected chi connectivity index (χ4v) is 3.39. The highest BCUT2D eigenvalue weighted by molar-refractivity contribution is 14.0. The number of amides is 1. The van der Waals surface area contributed by atoms with Crippen LogP contribution in [0, 0.1) is 0 Å². The van der Waals surface area contributed by atoms with Crippen molar-refractivity contribution in [1.29, 1.82) is 0 Å². The lowest BCUT2D eigenvalue weighted by Gasteiger charge is -2.19. The molecule has 3 aromatic rings. The highest BCUT2D eigenvalue weighted by atomic mass is 127. The summed E-state index contributed by atoms with van der Waals surface area (Å²) in [6, 6.07) is 13.2. The lowest BCUT2D eigenvalue weighted by molar-refractivity contribution is -0.117. The lowest BCUT2D eigenvalue weighted by Crippen LogP contribution is -2.44. The van der Waals surface area contributed by atoms with E-state index in [1.807, 2.05) is 53.1 Å². The Balaban J connectivity index is 0.00000256. The molecule has 1 amide bonds. The Morgan fingerprint density at radius 1 is 1.27 bits per heavy atom. The highest BCUT2D eigenvalue weighted by Crippen LogP contribution is 2.25. The van der Waals surface area contributed by atoms with Gasteiger partial charge in [-0.1, -0.05) is 12.1 Å². The minimum Gasteiger partial charge on any atom is -0.497 e. The Labute approximate surface area is 191 Å². The fraction of sp³-hybridized carbons (Fsp3) is 0.300. The molecule has 2 N–H and O–H groups in total. The molecule has 1 atom stereocenters. The van der Waals surface area contributed by atoms with E-state index in [1.54, 1.807) is 19.1 Å². The number of halogens is 1. The van der Waals surface area contributed by atoms with Crippen molar-refractivity contribution in [2.24, 2.45) is 4.99 Å². The third-order valence-corrected chi connectivity index (χ3v) is 4.85. The first-order valence-corrected chi connectivity index (χ1v) is 9.38. The predicted molar refractivity (Wildman–Crippen MR) is 125 cm³/mol. The Kier molecular flexibility index (Phi) is 7.08. The van der Waals surface area contributed by atoms with Crippen LogP contribution in [0.2, 0.25) is 0 Å². The van der Waals surface area contributed by atoms with Gasteiger partial charge >= 0.3 is 0 Å². The average Bonchev–Trinajstić information content (AvgIpc) is 3.34. The third-order valence-electron chi connectivity index (χ3n) is 4.85. The molecule has 0 aliphatic carbocycles. The van der Waals surface area contributed by atoms with E-state index in [4.69, 9.17) is 4.74 Å². The SMILES string of the molecule is CN=C(NCc1nnc2ccccn12)NC1CC(=O)N(c2cccc(OC)c2)C1.I. The quantitative estimate of drug-likeness (QED) is 0.302. The summed E-state index contributed by atoms with van der Waals surface area (Å²) in [4.78, 5) is 18.5. The van der Waals surface area contributed by atoms with E-state index < -0.39 is 0 Å². The molecule has 3 heterocycles. The number of aliphatic imine (C=N–C) groups is 1. The fourth-order valence-electron chi connectivity index (χ4n) is 3.39. The molecule has 158 valence electrons. The largest absolute Gasteiger partial charge is 0.497 e. The van der Waals surface area contributed by atoms with Gasteiger partial charge in [0.2, 0.25) is 5.91 Å². The van der Waals surface area contributed by atoms with Crippen LogP contribution < -0.4 is 20.3 Å². The van der Waals surface area contributed by atoms with Gasteiger partial charge in [0.1, 0.15) is 5.75 Å². The van der Waals surface area contributed by atoms with Crippen LogP contribution in [0.3, 0.4) is 0 Å². The lowest BCUT2D eigenvalue weighted by atomic mass is 10.2. The van der Waals surface area contributed by atoms with Crippen LogP contribution in [0.5, 0.6) is 5.75 Å². The molecule has 10 heteroatoms. The molecule has 1 saturated heterocycles. The van der Waals surface area contributed by atoms with Crippen molar-refractivity contribution in [2.45, 2.75) is 19.0 Å². The van der Waals surface area contributed by atoms with Crippen molar-refractivity contribution in [1.82, 2.24) is 25.2 Å². The van der Waals surface area contributed by atoms with Gasteiger partial charge in [0.05, 0.1) is 19.7 Å². The summed E-state index contributed by atoms with van der Waals surface area (Å²) in [5.41, 5.74) is 1.62. The molecule has 0 bridgehead atoms. The molecule has 4 rings (SSSR count). The number of nitrogens with one attached hydrogen (secondary N) is 2. The van der Waals surface area contributed by atoms with Crippen molar-refractivity contribution in [3.05, 3.63) is 54.5 Å². The molecule has 1 fully saturated rings. The van der Waals surface area contributed by atoms with Crippen LogP contribution >= 0.6 is 24.0 Å². The summed E-state index contributed by atoms with van der Waals surface area (Å²) < 4.78 is 7.18. The molecule has 0 spiro atoms. The molecule has 30 heavy (non-hydrogen) atoms. The zero-order valence-electron chi connectivity index (χ0n) is 16.8. The van der Waals surface area contributed by atoms with Gasteiger partial charge in [-0.2, -0.15) is 0 Å². The normalized spacial score (nSPS) is 16.5. The molecule has 0 saturated carbocycles. The topological polar surface area (TPSA) is 96.2 Å². The number of nitrogens with zero attached hydrogens (tertiary/aromatic N) is 5. The summed E-state index contributed by atoms with van der Waals surface area (Å²) in [6.07, 6.45) is 2.32. The summed E-state index contributed by atoms with van der Waals surface area (Å²) >= 11 is 0. The first kappa shape index (κ1) is 21.8. The maximum Gasteiger partial charge on any atom is 0.229 e. The second-order valence-corrected chi connectivity index (χ2v) is 6.72. The maximum atomic E-state index is 12.5. The van der Waals surface area contributed by atoms with Gasteiger partial charge in [0.25, 0.3) is 0 Å². The second kappa shape index (κ2) is 9.74. The van der Waals surface area contributed by atoms with Gasteiger partial charge in [-0.25, -0.2) is 0 Å². The zero-order chi connectivity index (χ0) is 20.2. The molecular weight excluding hydrogens is 497 g/mol. The number of methoxy groups -OCH3 is 1. The van der Waals surface area contributed by atoms with Crippen molar-refractivity contribution in [2.75, 3.05) is 25.6 Å². The summed E-state index contributed by atoms with van der Waals surface area (Å²) in [5.74, 6) is 2.19. The molecule has 1 aliphatic heterocycles. The van der Waals surface area contributed by atoms with Crippen LogP contribution in [0.25, 0.3) is 5.65 Å². The monoisotopic (exact) mass is 521 g/mol. The Bertz CT molecular complexity index is 1050. The highest BCUT2D eigenvalue weighted by Gasteiger charge is 2.31. The van der Waals surface area contributed by atoms with Crippen LogP contribution in [0.1, 0.15) is 12.2 Å². The van der Waals surface area contributed by atoms with Crippen molar-refractivity contribution in [3.63, 3.8) is 0 Å². The third kappa shape index (κ3) is 4.64. The predicted octanol–water partition coefficient (Wildman–Crippen LogP) is 1.83. The minimum absolute atomic E-state index is 0. The first-order valence-electron chi connectivity index (χ1n) is 9.38. The molecule has 1 aromatic carbocycles. The number of hydrogen-bond donors (Lipinski definition) is 2. The maximum absolute atomic E-state index is 12.5. The summed E-state index contributed by atoms with van der Waals surface area (Å²) in [6.45, 7) is 1.02. The van der Waals surface area contributed by atoms with Crippen molar-refractivity contribution >= 4 is 47.2 Å². The number of ether oxygens (including phenoxy) is 1. The number of pyridine rings is 1. The number of carbonyl (C=O) groups excluding carboxylic acids is 1. The number of benzene rings is 1. The number of anilines is 1. The van der Waals surface area contributed by atoms with E-state index in [1.165, 1.54) is 0 Å². The van der Waals surface area contributed by atoms with Crippen LogP contribution in [0.15, 0.2) is 53.7 Å². The van der Waals surface area contributed by atoms with E-state index in [2.05, 4.69) is 25.8 Å². The molecule has 1 unspecified atom stereocenters. The zero-order valence-corrected chi connectivity index (χ0v) is 19.1. The number of aromatic nitrogens is 3. The van der Waals surface area contributed by atoms with E-state index in [0.29, 0.717) is 25.5 Å². The van der Waals surface area contributed by atoms with Gasteiger partial charge in [0, 0.05) is 38.0 Å². The first-order chi connectivity index (χ1) is 14.2. The van der Waals surface area contributed by atoms with Gasteiger partial charge in [0.15, 0.2) is 17.4 Å². The van der Waals surface area contributed by atoms with Crippen LogP contribution in [-0.4, -0.2) is 53.2 Å². The van der Waals surface area contributed by atoms with E-state index >= 15 is 0 Å². The number of rotatable bonds is 5. The van der Waals surface area contributed by atoms with Gasteiger partial charge in [-0.3, -0.25) is 14.2 Å². The number of hydrogen-bond acceptors (Lipinski definition) is 5. The number of carbonyl (C=O) groups is 1. The van der Waals surface area contributed by atoms with Crippen LogP contribution in [0.4, 0.5) is 5.69 Å². The van der Waals surface area contributed by atoms with Crippen molar-refractivity contribution < 1.29 is 9.53 Å². The molecule has 0 radical (unpaired) electrons. The number of fused-ring (bicyclic) bond motifs is 1. The van der Waals surface area contributed by atoms with Gasteiger partial charge < -0.3 is 20.3 Å². The van der Waals surface area contributed by atoms with Gasteiger partial charge in [-0.15, -0.1) is 34.2 Å². The summed E-state index contributed by atoms with van der Waals surface area (Å²) in [7, 11) is 3.32. The van der Waals surface area contributed by atoms with Crippen LogP contribution in [-0.2, 0) is 11.3 Å². The molecule has 1 aliphatic rings. The molecule has 2 aromatic heterocycles. The molecular formula is C20H24IN7O2. The minimum atomic E-state index is -0.0463. The van der Waals surface area contributed by atoms with E-state index in [0.717, 1.165) is 22.9 Å². The second-order valence-electron chi connectivity index (χ2n) is 6.72. The van der Waals surface area contributed by atoms with E-state index in [-0.39, 0.29) is 35.9 Å². The Morgan fingerprint density at radius 2 is 2.13 bits per heavy atom. The van der Waals surface area contributed by atoms with E-state index in [9.17, 15) is 4.79 Å². The Morgan fingerprint density at radius 3 is 2.93 bits per heavy atom. The molecule has 9 nitrogen and oxygen atoms in total. The van der Waals surface area contributed by atoms with Gasteiger partial charge in [-0.05, 0) is 24.3 Å². The van der Waals surface area contributed by atoms with Crippen molar-refractivity contribution in [3.8, 4) is 5.75 Å². The standard InChI is InChI=1S/C20H23N7O2.HI/c1-21-20(22-12-18-25-24-17-8-3-4-9-26(17)18)23-14-10-19(28)27(13-14)15-6-5-7-16(11-15)29-2;/h3-9,11,14H,10,12-13H2,1-2H3,(H2,21,22,23);1H. The average molecular weight is 521 g/mol. The summed E-state index contributed by atoms with van der Waals surface area (Å²) in [5, 5.41) is 14.9. The number of guanidine groups is 1.